The summed E-state index contributed by atoms with van der Waals surface area (Å²) < 4.78 is 0. The van der Waals surface area contributed by atoms with Gasteiger partial charge in [-0.25, -0.2) is 10.5 Å². The monoisotopic (exact) mass is 74.0 g/mol. The molecule has 0 spiro atoms. The van der Waals surface area contributed by atoms with E-state index in [4.69, 9.17) is 10.5 Å². The van der Waals surface area contributed by atoms with E-state index in [9.17, 15) is 0 Å². The quantitative estimate of drug-likeness (QED) is 0.227. The summed E-state index contributed by atoms with van der Waals surface area (Å²) in [6.07, 6.45) is 0. The zero-order valence-corrected chi connectivity index (χ0v) is 1.30. The summed E-state index contributed by atoms with van der Waals surface area (Å²) in [5.41, 5.74) is 0. The van der Waals surface area contributed by atoms with Gasteiger partial charge in [-0.05, 0) is 0 Å². The van der Waals surface area contributed by atoms with Crippen LogP contribution in [0.4, 0.5) is 0 Å². The van der Waals surface area contributed by atoms with Gasteiger partial charge in [0.2, 0.25) is 0 Å². The van der Waals surface area contributed by atoms with Crippen LogP contribution in [0.3, 0.4) is 0 Å². The van der Waals surface area contributed by atoms with Gasteiger partial charge >= 0.3 is 29.6 Å². The Labute approximate surface area is 45.3 Å². The molecule has 0 aromatic carbocycles. The van der Waals surface area contributed by atoms with Crippen molar-refractivity contribution in [2.75, 3.05) is 0 Å². The van der Waals surface area contributed by atoms with Crippen molar-refractivity contribution in [2.24, 2.45) is 0 Å². The summed E-state index contributed by atoms with van der Waals surface area (Å²) in [4.78, 5) is 0. The Morgan fingerprint density at radius 3 is 1.25 bits per heavy atom. The molecular formula is H3NaO3. The van der Waals surface area contributed by atoms with Gasteiger partial charge in [0.05, 0.1) is 0 Å². The van der Waals surface area contributed by atoms with Crippen molar-refractivity contribution >= 4 is 29.6 Å². The van der Waals surface area contributed by atoms with Gasteiger partial charge in [-0.1, -0.05) is 5.04 Å². The topological polar surface area (TPSA) is 49.7 Å². The first-order valence-electron chi connectivity index (χ1n) is 0.365. The maximum absolute atomic E-state index is 6.62. The molecule has 0 radical (unpaired) electrons. The second-order valence-electron chi connectivity index (χ2n) is 0.0816. The summed E-state index contributed by atoms with van der Waals surface area (Å²) in [7, 11) is 0. The zero-order chi connectivity index (χ0) is 2.71. The SMILES string of the molecule is OOO.[NaH]. The van der Waals surface area contributed by atoms with Gasteiger partial charge < -0.3 is 0 Å². The van der Waals surface area contributed by atoms with Gasteiger partial charge in [0, 0.05) is 0 Å². The minimum absolute atomic E-state index is 0. The molecule has 3 nitrogen and oxygen atoms in total. The molecule has 0 aliphatic rings. The van der Waals surface area contributed by atoms with Crippen molar-refractivity contribution in [3.8, 4) is 0 Å². The number of hydrogen-bond donors (Lipinski definition) is 2. The average Bonchev–Trinajstić information content (AvgIpc) is 0.918. The van der Waals surface area contributed by atoms with Gasteiger partial charge in [-0.2, -0.15) is 0 Å². The van der Waals surface area contributed by atoms with Crippen molar-refractivity contribution in [1.82, 2.24) is 0 Å². The molecule has 22 valence electrons. The first-order chi connectivity index (χ1) is 1.41. The molecule has 4 heavy (non-hydrogen) atoms. The Morgan fingerprint density at radius 1 is 1.25 bits per heavy atom. The molecular weight excluding hydrogens is 71.0 g/mol. The summed E-state index contributed by atoms with van der Waals surface area (Å²) >= 11 is 0. The fraction of sp³-hybridized carbons (Fsp3) is 0. The van der Waals surface area contributed by atoms with Gasteiger partial charge in [0.1, 0.15) is 0 Å². The Hall–Kier alpha value is 0.880. The molecule has 0 fully saturated rings. The molecule has 0 aromatic rings. The van der Waals surface area contributed by atoms with E-state index in [1.807, 2.05) is 0 Å². The first kappa shape index (κ1) is 8.86. The van der Waals surface area contributed by atoms with Crippen molar-refractivity contribution in [2.45, 2.75) is 0 Å². The zero-order valence-electron chi connectivity index (χ0n) is 1.30. The van der Waals surface area contributed by atoms with Crippen molar-refractivity contribution < 1.29 is 15.6 Å². The van der Waals surface area contributed by atoms with Crippen LogP contribution in [0.5, 0.6) is 0 Å². The molecule has 2 N–H and O–H groups in total. The second kappa shape index (κ2) is 9.11. The molecule has 0 heterocycles. The summed E-state index contributed by atoms with van der Waals surface area (Å²) in [6, 6.07) is 0. The molecule has 0 saturated carbocycles. The Morgan fingerprint density at radius 2 is 1.25 bits per heavy atom. The molecule has 4 heteroatoms. The third-order valence-electron chi connectivity index (χ3n) is 0. The Bertz CT molecular complexity index is 3.25. The third-order valence-corrected chi connectivity index (χ3v) is 0. The predicted molar refractivity (Wildman–Crippen MR) is 13.5 cm³/mol. The summed E-state index contributed by atoms with van der Waals surface area (Å²) in [6.45, 7) is 0. The van der Waals surface area contributed by atoms with E-state index >= 15 is 0 Å². The van der Waals surface area contributed by atoms with Crippen molar-refractivity contribution in [3.63, 3.8) is 0 Å². The number of hydrogen-bond acceptors (Lipinski definition) is 3. The summed E-state index contributed by atoms with van der Waals surface area (Å²) in [5, 5.41) is 15.5. The van der Waals surface area contributed by atoms with E-state index in [0.717, 1.165) is 0 Å². The van der Waals surface area contributed by atoms with E-state index in [2.05, 4.69) is 5.04 Å². The van der Waals surface area contributed by atoms with Crippen LogP contribution in [-0.4, -0.2) is 40.1 Å². The van der Waals surface area contributed by atoms with Crippen LogP contribution < -0.4 is 0 Å². The average molecular weight is 74.0 g/mol. The van der Waals surface area contributed by atoms with Crippen LogP contribution >= 0.6 is 0 Å². The van der Waals surface area contributed by atoms with E-state index < -0.39 is 0 Å². The fourth-order valence-corrected chi connectivity index (χ4v) is 0. The fourth-order valence-electron chi connectivity index (χ4n) is 0. The van der Waals surface area contributed by atoms with Crippen LogP contribution in [0.25, 0.3) is 0 Å². The molecule has 0 bridgehead atoms. The van der Waals surface area contributed by atoms with E-state index in [0.29, 0.717) is 0 Å². The molecule has 0 atom stereocenters. The number of rotatable bonds is 0. The van der Waals surface area contributed by atoms with E-state index in [1.165, 1.54) is 0 Å². The van der Waals surface area contributed by atoms with E-state index in [-0.39, 0.29) is 29.6 Å². The summed E-state index contributed by atoms with van der Waals surface area (Å²) in [5.74, 6) is 0. The van der Waals surface area contributed by atoms with Crippen LogP contribution in [0, 0.1) is 0 Å². The molecule has 0 saturated heterocycles. The standard InChI is InChI=1S/Na.H2O3.H/c;1-3-2;/h;1-2H;. The third kappa shape index (κ3) is 13.1. The van der Waals surface area contributed by atoms with Crippen LogP contribution in [0.1, 0.15) is 0 Å². The van der Waals surface area contributed by atoms with E-state index in [1.54, 1.807) is 0 Å². The van der Waals surface area contributed by atoms with Crippen LogP contribution in [0.2, 0.25) is 0 Å². The predicted octanol–water partition coefficient (Wildman–Crippen LogP) is -0.700. The molecule has 0 unspecified atom stereocenters. The van der Waals surface area contributed by atoms with Crippen LogP contribution in [0.15, 0.2) is 0 Å². The van der Waals surface area contributed by atoms with Crippen molar-refractivity contribution in [3.05, 3.63) is 0 Å². The Kier molecular flexibility index (Phi) is 20.2. The minimum atomic E-state index is 0. The van der Waals surface area contributed by atoms with Gasteiger partial charge in [0.15, 0.2) is 0 Å². The van der Waals surface area contributed by atoms with Gasteiger partial charge in [-0.3, -0.25) is 0 Å². The first-order valence-corrected chi connectivity index (χ1v) is 0.365. The normalized spacial score (nSPS) is 4.50. The van der Waals surface area contributed by atoms with Gasteiger partial charge in [-0.15, -0.1) is 0 Å². The molecule has 0 aromatic heterocycles. The molecule has 0 aliphatic heterocycles. The second-order valence-corrected chi connectivity index (χ2v) is 0.0816. The molecule has 0 amide bonds. The molecule has 0 rings (SSSR count). The molecule has 0 aliphatic carbocycles. The maximum atomic E-state index is 6.62. The Balaban J connectivity index is 0. The van der Waals surface area contributed by atoms with Crippen molar-refractivity contribution in [1.29, 1.82) is 0 Å². The van der Waals surface area contributed by atoms with Gasteiger partial charge in [0.25, 0.3) is 0 Å². The van der Waals surface area contributed by atoms with Crippen LogP contribution in [-0.2, 0) is 5.04 Å².